The number of carbonyl (C=O) groups excluding carboxylic acids is 1. The van der Waals surface area contributed by atoms with Crippen LogP contribution in [-0.2, 0) is 0 Å². The Labute approximate surface area is 92.7 Å². The average molecular weight is 216 g/mol. The number of nitrogens with one attached hydrogen (secondary N) is 1. The van der Waals surface area contributed by atoms with E-state index in [4.69, 9.17) is 4.42 Å². The zero-order valence-electron chi connectivity index (χ0n) is 8.77. The van der Waals surface area contributed by atoms with Crippen LogP contribution in [0, 0.1) is 0 Å². The number of Topliss-reactive ketones (excluding diaryl/α,β-unsaturated/α-hetero) is 1. The summed E-state index contributed by atoms with van der Waals surface area (Å²) in [5.74, 6) is 0.102. The van der Waals surface area contributed by atoms with E-state index in [1.807, 2.05) is 6.07 Å². The highest BCUT2D eigenvalue weighted by Crippen LogP contribution is 2.19. The summed E-state index contributed by atoms with van der Waals surface area (Å²) in [5, 5.41) is 3.20. The monoisotopic (exact) mass is 216 g/mol. The lowest BCUT2D eigenvalue weighted by Gasteiger charge is -2.01. The van der Waals surface area contributed by atoms with Crippen molar-refractivity contribution < 1.29 is 9.21 Å². The quantitative estimate of drug-likeness (QED) is 0.791. The molecule has 1 aromatic heterocycles. The van der Waals surface area contributed by atoms with Gasteiger partial charge >= 0.3 is 0 Å². The Kier molecular flexibility index (Phi) is 2.22. The van der Waals surface area contributed by atoms with Gasteiger partial charge in [-0.25, -0.2) is 4.98 Å². The number of benzene rings is 1. The lowest BCUT2D eigenvalue weighted by atomic mass is 10.1. The number of carbonyl (C=O) groups is 1. The second-order valence-electron chi connectivity index (χ2n) is 4.11. The number of fused-ring (bicyclic) bond motifs is 1. The minimum atomic E-state index is 0.102. The molecule has 82 valence electrons. The number of hydrogen-bond donors (Lipinski definition) is 1. The van der Waals surface area contributed by atoms with E-state index in [0.717, 1.165) is 5.52 Å². The summed E-state index contributed by atoms with van der Waals surface area (Å²) in [7, 11) is 0. The van der Waals surface area contributed by atoms with E-state index in [2.05, 4.69) is 10.3 Å². The van der Waals surface area contributed by atoms with E-state index in [9.17, 15) is 4.79 Å². The van der Waals surface area contributed by atoms with Crippen LogP contribution in [0.25, 0.3) is 11.1 Å². The van der Waals surface area contributed by atoms with E-state index in [0.29, 0.717) is 23.7 Å². The Bertz CT molecular complexity index is 529. The second-order valence-corrected chi connectivity index (χ2v) is 4.11. The number of aromatic nitrogens is 1. The fourth-order valence-corrected chi connectivity index (χ4v) is 1.66. The molecule has 1 aliphatic rings. The first-order chi connectivity index (χ1) is 7.83. The standard InChI is InChI=1S/C12H12N2O2/c15-11(6-13-9-2-3-9)8-1-4-10-12(5-8)16-7-14-10/h1,4-5,7,9,13H,2-3,6H2. The normalized spacial score (nSPS) is 15.5. The van der Waals surface area contributed by atoms with Gasteiger partial charge in [-0.05, 0) is 31.0 Å². The van der Waals surface area contributed by atoms with Crippen molar-refractivity contribution in [2.24, 2.45) is 0 Å². The van der Waals surface area contributed by atoms with E-state index in [-0.39, 0.29) is 5.78 Å². The smallest absolute Gasteiger partial charge is 0.181 e. The van der Waals surface area contributed by atoms with Crippen LogP contribution in [0.4, 0.5) is 0 Å². The molecule has 1 fully saturated rings. The molecule has 16 heavy (non-hydrogen) atoms. The summed E-state index contributed by atoms with van der Waals surface area (Å²) in [4.78, 5) is 15.8. The SMILES string of the molecule is O=C(CNC1CC1)c1ccc2ncoc2c1. The topological polar surface area (TPSA) is 55.1 Å². The first-order valence-corrected chi connectivity index (χ1v) is 5.43. The Morgan fingerprint density at radius 1 is 1.50 bits per heavy atom. The van der Waals surface area contributed by atoms with Gasteiger partial charge < -0.3 is 9.73 Å². The van der Waals surface area contributed by atoms with Gasteiger partial charge in [0.25, 0.3) is 0 Å². The molecule has 4 nitrogen and oxygen atoms in total. The van der Waals surface area contributed by atoms with E-state index in [1.165, 1.54) is 19.2 Å². The molecule has 0 amide bonds. The van der Waals surface area contributed by atoms with Crippen molar-refractivity contribution in [3.63, 3.8) is 0 Å². The lowest BCUT2D eigenvalue weighted by molar-refractivity contribution is 0.0990. The van der Waals surface area contributed by atoms with Gasteiger partial charge in [-0.15, -0.1) is 0 Å². The molecule has 3 rings (SSSR count). The molecule has 1 aliphatic carbocycles. The molecule has 1 aromatic carbocycles. The first kappa shape index (κ1) is 9.54. The Morgan fingerprint density at radius 2 is 2.38 bits per heavy atom. The molecule has 0 unspecified atom stereocenters. The third kappa shape index (κ3) is 1.84. The fourth-order valence-electron chi connectivity index (χ4n) is 1.66. The first-order valence-electron chi connectivity index (χ1n) is 5.43. The lowest BCUT2D eigenvalue weighted by Crippen LogP contribution is -2.24. The van der Waals surface area contributed by atoms with Gasteiger partial charge in [0.1, 0.15) is 5.52 Å². The number of oxazole rings is 1. The van der Waals surface area contributed by atoms with Crippen molar-refractivity contribution >= 4 is 16.9 Å². The number of ketones is 1. The summed E-state index contributed by atoms with van der Waals surface area (Å²) in [6, 6.07) is 5.91. The van der Waals surface area contributed by atoms with Gasteiger partial charge in [0, 0.05) is 11.6 Å². The van der Waals surface area contributed by atoms with Crippen LogP contribution in [0.15, 0.2) is 29.0 Å². The van der Waals surface area contributed by atoms with Crippen LogP contribution in [0.5, 0.6) is 0 Å². The van der Waals surface area contributed by atoms with E-state index >= 15 is 0 Å². The van der Waals surface area contributed by atoms with Crippen molar-refractivity contribution in [1.82, 2.24) is 10.3 Å². The summed E-state index contributed by atoms with van der Waals surface area (Å²) in [6.07, 6.45) is 3.77. The molecule has 0 atom stereocenters. The maximum absolute atomic E-state index is 11.8. The summed E-state index contributed by atoms with van der Waals surface area (Å²) in [6.45, 7) is 0.407. The minimum absolute atomic E-state index is 0.102. The summed E-state index contributed by atoms with van der Waals surface area (Å²) < 4.78 is 5.16. The van der Waals surface area contributed by atoms with Gasteiger partial charge in [0.2, 0.25) is 0 Å². The minimum Gasteiger partial charge on any atom is -0.443 e. The van der Waals surface area contributed by atoms with Crippen molar-refractivity contribution in [2.45, 2.75) is 18.9 Å². The molecule has 1 N–H and O–H groups in total. The van der Waals surface area contributed by atoms with Crippen molar-refractivity contribution in [2.75, 3.05) is 6.54 Å². The van der Waals surface area contributed by atoms with Gasteiger partial charge in [0.15, 0.2) is 17.8 Å². The highest BCUT2D eigenvalue weighted by Gasteiger charge is 2.21. The van der Waals surface area contributed by atoms with E-state index < -0.39 is 0 Å². The zero-order chi connectivity index (χ0) is 11.0. The molecule has 2 aromatic rings. The predicted octanol–water partition coefficient (Wildman–Crippen LogP) is 1.76. The molecule has 0 aliphatic heterocycles. The van der Waals surface area contributed by atoms with Gasteiger partial charge in [-0.1, -0.05) is 0 Å². The average Bonchev–Trinajstić information content (AvgIpc) is 3.01. The Morgan fingerprint density at radius 3 is 3.19 bits per heavy atom. The molecule has 1 heterocycles. The molecule has 0 radical (unpaired) electrons. The largest absolute Gasteiger partial charge is 0.443 e. The van der Waals surface area contributed by atoms with Gasteiger partial charge in [-0.3, -0.25) is 4.79 Å². The van der Waals surface area contributed by atoms with Crippen LogP contribution in [0.3, 0.4) is 0 Å². The van der Waals surface area contributed by atoms with Crippen molar-refractivity contribution in [3.05, 3.63) is 30.2 Å². The van der Waals surface area contributed by atoms with Crippen molar-refractivity contribution in [1.29, 1.82) is 0 Å². The van der Waals surface area contributed by atoms with Crippen molar-refractivity contribution in [3.8, 4) is 0 Å². The third-order valence-corrected chi connectivity index (χ3v) is 2.78. The van der Waals surface area contributed by atoms with Crippen LogP contribution >= 0.6 is 0 Å². The maximum atomic E-state index is 11.8. The Balaban J connectivity index is 1.78. The summed E-state index contributed by atoms with van der Waals surface area (Å²) in [5.41, 5.74) is 2.13. The highest BCUT2D eigenvalue weighted by molar-refractivity contribution is 5.99. The molecule has 0 bridgehead atoms. The van der Waals surface area contributed by atoms with E-state index in [1.54, 1.807) is 12.1 Å². The zero-order valence-corrected chi connectivity index (χ0v) is 8.77. The third-order valence-electron chi connectivity index (χ3n) is 2.78. The highest BCUT2D eigenvalue weighted by atomic mass is 16.3. The van der Waals surface area contributed by atoms with Crippen LogP contribution < -0.4 is 5.32 Å². The Hall–Kier alpha value is -1.68. The van der Waals surface area contributed by atoms with Gasteiger partial charge in [0.05, 0.1) is 6.54 Å². The van der Waals surface area contributed by atoms with Crippen LogP contribution in [0.2, 0.25) is 0 Å². The molecular formula is C12H12N2O2. The molecule has 4 heteroatoms. The molecule has 0 spiro atoms. The molecule has 0 saturated heterocycles. The predicted molar refractivity (Wildman–Crippen MR) is 59.4 cm³/mol. The molecule has 1 saturated carbocycles. The summed E-state index contributed by atoms with van der Waals surface area (Å²) >= 11 is 0. The van der Waals surface area contributed by atoms with Gasteiger partial charge in [-0.2, -0.15) is 0 Å². The maximum Gasteiger partial charge on any atom is 0.181 e. The molecular weight excluding hydrogens is 204 g/mol. The fraction of sp³-hybridized carbons (Fsp3) is 0.333. The number of rotatable bonds is 4. The van der Waals surface area contributed by atoms with Crippen LogP contribution in [-0.4, -0.2) is 23.4 Å². The second kappa shape index (κ2) is 3.72. The number of hydrogen-bond acceptors (Lipinski definition) is 4. The number of nitrogens with zero attached hydrogens (tertiary/aromatic N) is 1. The van der Waals surface area contributed by atoms with Crippen LogP contribution in [0.1, 0.15) is 23.2 Å².